The summed E-state index contributed by atoms with van der Waals surface area (Å²) in [5.41, 5.74) is 1.84. The third kappa shape index (κ3) is 6.73. The third-order valence-electron chi connectivity index (χ3n) is 3.98. The number of nitrogens with one attached hydrogen (secondary N) is 2. The van der Waals surface area contributed by atoms with E-state index in [-0.39, 0.29) is 18.4 Å². The van der Waals surface area contributed by atoms with Gasteiger partial charge in [0.2, 0.25) is 5.91 Å². The molecule has 28 heavy (non-hydrogen) atoms. The number of amides is 2. The average Bonchev–Trinajstić information content (AvgIpc) is 2.65. The summed E-state index contributed by atoms with van der Waals surface area (Å²) < 4.78 is 0. The van der Waals surface area contributed by atoms with Crippen LogP contribution in [0.3, 0.4) is 0 Å². The van der Waals surface area contributed by atoms with Crippen LogP contribution in [0.15, 0.2) is 42.5 Å². The molecule has 150 valence electrons. The number of hydrogen-bond donors (Lipinski definition) is 2. The van der Waals surface area contributed by atoms with Crippen molar-refractivity contribution in [2.45, 2.75) is 26.7 Å². The Kier molecular flexibility index (Phi) is 8.61. The van der Waals surface area contributed by atoms with Crippen molar-refractivity contribution in [3.63, 3.8) is 0 Å². The molecule has 2 N–H and O–H groups in total. The van der Waals surface area contributed by atoms with E-state index in [0.717, 1.165) is 25.9 Å². The molecule has 0 radical (unpaired) electrons. The van der Waals surface area contributed by atoms with Crippen molar-refractivity contribution in [2.75, 3.05) is 30.3 Å². The van der Waals surface area contributed by atoms with Crippen LogP contribution in [0.2, 0.25) is 10.0 Å². The first-order valence-electron chi connectivity index (χ1n) is 9.32. The fraction of sp³-hybridized carbons (Fsp3) is 0.333. The summed E-state index contributed by atoms with van der Waals surface area (Å²) in [7, 11) is 0. The molecule has 0 unspecified atom stereocenters. The predicted octanol–water partition coefficient (Wildman–Crippen LogP) is 5.31. The molecule has 0 spiro atoms. The lowest BCUT2D eigenvalue weighted by Crippen LogP contribution is -2.32. The van der Waals surface area contributed by atoms with Crippen molar-refractivity contribution < 1.29 is 9.59 Å². The average molecular weight is 422 g/mol. The van der Waals surface area contributed by atoms with Crippen LogP contribution in [0.25, 0.3) is 0 Å². The molecular formula is C21H25Cl2N3O2. The summed E-state index contributed by atoms with van der Waals surface area (Å²) in [4.78, 5) is 26.7. The van der Waals surface area contributed by atoms with Crippen molar-refractivity contribution in [1.82, 2.24) is 4.90 Å². The monoisotopic (exact) mass is 421 g/mol. The van der Waals surface area contributed by atoms with Gasteiger partial charge in [-0.3, -0.25) is 9.59 Å². The second-order valence-electron chi connectivity index (χ2n) is 6.43. The molecule has 2 amide bonds. The van der Waals surface area contributed by atoms with Crippen molar-refractivity contribution >= 4 is 46.4 Å². The van der Waals surface area contributed by atoms with Crippen LogP contribution in [0, 0.1) is 0 Å². The van der Waals surface area contributed by atoms with Gasteiger partial charge in [-0.05, 0) is 49.2 Å². The van der Waals surface area contributed by atoms with E-state index >= 15 is 0 Å². The lowest BCUT2D eigenvalue weighted by molar-refractivity contribution is -0.114. The minimum atomic E-state index is -0.242. The second-order valence-corrected chi connectivity index (χ2v) is 7.31. The molecule has 2 rings (SSSR count). The van der Waals surface area contributed by atoms with Gasteiger partial charge in [0, 0.05) is 40.1 Å². The van der Waals surface area contributed by atoms with Crippen LogP contribution in [0.4, 0.5) is 11.4 Å². The smallest absolute Gasteiger partial charge is 0.253 e. The lowest BCUT2D eigenvalue weighted by Gasteiger charge is -2.21. The number of halogens is 2. The molecule has 5 nitrogen and oxygen atoms in total. The summed E-state index contributed by atoms with van der Waals surface area (Å²) in [6.07, 6.45) is 1.83. The lowest BCUT2D eigenvalue weighted by atomic mass is 10.1. The largest absolute Gasteiger partial charge is 0.376 e. The summed E-state index contributed by atoms with van der Waals surface area (Å²) >= 11 is 11.9. The van der Waals surface area contributed by atoms with E-state index in [2.05, 4.69) is 24.5 Å². The fourth-order valence-electron chi connectivity index (χ4n) is 2.81. The Labute approximate surface area is 176 Å². The number of nitrogens with zero attached hydrogens (tertiary/aromatic N) is 1. The maximum Gasteiger partial charge on any atom is 0.253 e. The van der Waals surface area contributed by atoms with E-state index in [9.17, 15) is 9.59 Å². The van der Waals surface area contributed by atoms with Gasteiger partial charge in [0.25, 0.3) is 5.91 Å². The molecule has 2 aromatic carbocycles. The molecule has 2 aromatic rings. The summed E-state index contributed by atoms with van der Waals surface area (Å²) in [5.74, 6) is -0.237. The van der Waals surface area contributed by atoms with Gasteiger partial charge in [-0.15, -0.1) is 0 Å². The fourth-order valence-corrected chi connectivity index (χ4v) is 3.34. The van der Waals surface area contributed by atoms with Crippen LogP contribution < -0.4 is 10.6 Å². The zero-order valence-electron chi connectivity index (χ0n) is 16.1. The molecule has 0 heterocycles. The van der Waals surface area contributed by atoms with Crippen molar-refractivity contribution in [3.8, 4) is 0 Å². The van der Waals surface area contributed by atoms with E-state index in [1.165, 1.54) is 0 Å². The van der Waals surface area contributed by atoms with Crippen LogP contribution in [-0.4, -0.2) is 36.3 Å². The number of rotatable bonds is 9. The Hall–Kier alpha value is -2.24. The number of anilines is 2. The molecule has 0 bridgehead atoms. The molecule has 0 atom stereocenters. The molecule has 0 saturated carbocycles. The topological polar surface area (TPSA) is 61.4 Å². The Morgan fingerprint density at radius 1 is 0.929 bits per heavy atom. The molecule has 0 aromatic heterocycles. The van der Waals surface area contributed by atoms with Gasteiger partial charge in [-0.2, -0.15) is 0 Å². The highest BCUT2D eigenvalue weighted by Gasteiger charge is 2.14. The van der Waals surface area contributed by atoms with E-state index in [1.54, 1.807) is 36.4 Å². The van der Waals surface area contributed by atoms with Crippen LogP contribution in [0.5, 0.6) is 0 Å². The first kappa shape index (κ1) is 22.1. The standard InChI is InChI=1S/C21H25Cl2N3O2/c1-3-8-26(9-4-2)21(28)15-6-5-7-18(10-15)24-14-20(27)25-19-12-16(22)11-17(23)13-19/h5-7,10-13,24H,3-4,8-9,14H2,1-2H3,(H,25,27). The van der Waals surface area contributed by atoms with Gasteiger partial charge >= 0.3 is 0 Å². The minimum absolute atomic E-state index is 0.00497. The molecule has 0 aliphatic carbocycles. The predicted molar refractivity (Wildman–Crippen MR) is 117 cm³/mol. The van der Waals surface area contributed by atoms with Crippen molar-refractivity contribution in [3.05, 3.63) is 58.1 Å². The minimum Gasteiger partial charge on any atom is -0.376 e. The van der Waals surface area contributed by atoms with Crippen LogP contribution >= 0.6 is 23.2 Å². The Bertz CT molecular complexity index is 801. The molecule has 0 aliphatic rings. The number of hydrogen-bond acceptors (Lipinski definition) is 3. The number of carbonyl (C=O) groups excluding carboxylic acids is 2. The second kappa shape index (κ2) is 10.9. The highest BCUT2D eigenvalue weighted by Crippen LogP contribution is 2.22. The molecule has 7 heteroatoms. The zero-order valence-corrected chi connectivity index (χ0v) is 17.6. The highest BCUT2D eigenvalue weighted by molar-refractivity contribution is 6.35. The molecular weight excluding hydrogens is 397 g/mol. The van der Waals surface area contributed by atoms with Crippen LogP contribution in [-0.2, 0) is 4.79 Å². The van der Waals surface area contributed by atoms with Gasteiger partial charge in [0.1, 0.15) is 0 Å². The van der Waals surface area contributed by atoms with Gasteiger partial charge in [0.05, 0.1) is 6.54 Å². The first-order valence-corrected chi connectivity index (χ1v) is 10.1. The van der Waals surface area contributed by atoms with E-state index < -0.39 is 0 Å². The number of benzene rings is 2. The molecule has 0 fully saturated rings. The summed E-state index contributed by atoms with van der Waals surface area (Å²) in [6.45, 7) is 5.62. The maximum atomic E-state index is 12.7. The van der Waals surface area contributed by atoms with Gasteiger partial charge in [-0.1, -0.05) is 43.1 Å². The Balaban J connectivity index is 1.98. The van der Waals surface area contributed by atoms with Gasteiger partial charge in [-0.25, -0.2) is 0 Å². The Morgan fingerprint density at radius 2 is 1.57 bits per heavy atom. The highest BCUT2D eigenvalue weighted by atomic mass is 35.5. The van der Waals surface area contributed by atoms with Gasteiger partial charge in [0.15, 0.2) is 0 Å². The summed E-state index contributed by atoms with van der Waals surface area (Å²) in [5, 5.41) is 6.68. The third-order valence-corrected chi connectivity index (χ3v) is 4.42. The van der Waals surface area contributed by atoms with Crippen molar-refractivity contribution in [2.24, 2.45) is 0 Å². The van der Waals surface area contributed by atoms with E-state index in [0.29, 0.717) is 27.0 Å². The van der Waals surface area contributed by atoms with E-state index in [4.69, 9.17) is 23.2 Å². The Morgan fingerprint density at radius 3 is 2.18 bits per heavy atom. The summed E-state index contributed by atoms with van der Waals surface area (Å²) in [6, 6.07) is 12.0. The quantitative estimate of drug-likeness (QED) is 0.576. The van der Waals surface area contributed by atoms with E-state index in [1.807, 2.05) is 11.0 Å². The van der Waals surface area contributed by atoms with Gasteiger partial charge < -0.3 is 15.5 Å². The SMILES string of the molecule is CCCN(CCC)C(=O)c1cccc(NCC(=O)Nc2cc(Cl)cc(Cl)c2)c1. The maximum absolute atomic E-state index is 12.7. The van der Waals surface area contributed by atoms with Crippen molar-refractivity contribution in [1.29, 1.82) is 0 Å². The number of carbonyl (C=O) groups is 2. The van der Waals surface area contributed by atoms with Crippen LogP contribution in [0.1, 0.15) is 37.0 Å². The normalized spacial score (nSPS) is 10.4. The molecule has 0 aliphatic heterocycles. The first-order chi connectivity index (χ1) is 13.4. The zero-order chi connectivity index (χ0) is 20.5. The molecule has 0 saturated heterocycles.